The Balaban J connectivity index is 1.61. The molecule has 0 aromatic heterocycles. The fourth-order valence-electron chi connectivity index (χ4n) is 5.99. The van der Waals surface area contributed by atoms with Crippen LogP contribution >= 0.6 is 0 Å². The molecule has 0 aromatic carbocycles. The van der Waals surface area contributed by atoms with Crippen molar-refractivity contribution in [3.8, 4) is 0 Å². The largest absolute Gasteiger partial charge is 0.303 e. The van der Waals surface area contributed by atoms with Crippen molar-refractivity contribution >= 4 is 0 Å². The Morgan fingerprint density at radius 3 is 1.65 bits per heavy atom. The summed E-state index contributed by atoms with van der Waals surface area (Å²) in [5.41, 5.74) is 0.746. The lowest BCUT2D eigenvalue weighted by Gasteiger charge is -2.58. The van der Waals surface area contributed by atoms with E-state index in [0.717, 1.165) is 23.2 Å². The Bertz CT molecular complexity index is 266. The van der Waals surface area contributed by atoms with Gasteiger partial charge in [-0.2, -0.15) is 0 Å². The first-order chi connectivity index (χ1) is 9.73. The van der Waals surface area contributed by atoms with E-state index < -0.39 is 0 Å². The Morgan fingerprint density at radius 1 is 0.800 bits per heavy atom. The van der Waals surface area contributed by atoms with Crippen LogP contribution in [0.5, 0.6) is 0 Å². The van der Waals surface area contributed by atoms with Gasteiger partial charge in [0.25, 0.3) is 0 Å². The molecule has 4 bridgehead atoms. The van der Waals surface area contributed by atoms with Crippen molar-refractivity contribution in [1.29, 1.82) is 0 Å². The van der Waals surface area contributed by atoms with Crippen LogP contribution < -0.4 is 0 Å². The number of unbranched alkanes of at least 4 members (excludes halogenated alkanes) is 2. The predicted octanol–water partition coefficient (Wildman–Crippen LogP) is 5.11. The molecule has 1 nitrogen and oxygen atoms in total. The van der Waals surface area contributed by atoms with Gasteiger partial charge in [-0.15, -0.1) is 0 Å². The van der Waals surface area contributed by atoms with Gasteiger partial charge in [0.15, 0.2) is 0 Å². The molecule has 0 radical (unpaired) electrons. The van der Waals surface area contributed by atoms with Crippen LogP contribution in [0.25, 0.3) is 0 Å². The molecule has 4 aliphatic rings. The molecule has 1 heteroatoms. The van der Waals surface area contributed by atoms with E-state index in [2.05, 4.69) is 18.7 Å². The lowest BCUT2D eigenvalue weighted by atomic mass is 9.49. The zero-order valence-electron chi connectivity index (χ0n) is 13.9. The molecular weight excluding hydrogens is 242 g/mol. The van der Waals surface area contributed by atoms with E-state index in [1.54, 1.807) is 38.5 Å². The Hall–Kier alpha value is -0.0400. The number of hydrogen-bond acceptors (Lipinski definition) is 1. The summed E-state index contributed by atoms with van der Waals surface area (Å²) in [5.74, 6) is 3.33. The minimum atomic E-state index is 0.746. The molecule has 0 aromatic rings. The standard InChI is InChI=1S/C19H35N/c1-3-5-7-20(8-6-4-2)15-19-12-16-9-17(13-19)11-18(10-16)14-19/h16-18H,3-15H2,1-2H3. The third-order valence-corrected chi connectivity index (χ3v) is 6.38. The topological polar surface area (TPSA) is 3.24 Å². The molecule has 0 saturated heterocycles. The van der Waals surface area contributed by atoms with Gasteiger partial charge in [0.2, 0.25) is 0 Å². The highest BCUT2D eigenvalue weighted by molar-refractivity contribution is 5.02. The first kappa shape index (κ1) is 14.9. The second-order valence-corrected chi connectivity index (χ2v) is 8.40. The summed E-state index contributed by atoms with van der Waals surface area (Å²) < 4.78 is 0. The van der Waals surface area contributed by atoms with Crippen molar-refractivity contribution in [2.45, 2.75) is 78.1 Å². The maximum absolute atomic E-state index is 2.85. The monoisotopic (exact) mass is 277 g/mol. The molecule has 20 heavy (non-hydrogen) atoms. The van der Waals surface area contributed by atoms with E-state index in [-0.39, 0.29) is 0 Å². The summed E-state index contributed by atoms with van der Waals surface area (Å²) in [7, 11) is 0. The van der Waals surface area contributed by atoms with Gasteiger partial charge in [-0.05, 0) is 87.6 Å². The average Bonchev–Trinajstić information content (AvgIpc) is 2.40. The molecule has 0 aliphatic heterocycles. The van der Waals surface area contributed by atoms with Crippen LogP contribution in [0.2, 0.25) is 0 Å². The van der Waals surface area contributed by atoms with Gasteiger partial charge in [-0.3, -0.25) is 0 Å². The van der Waals surface area contributed by atoms with Crippen molar-refractivity contribution in [1.82, 2.24) is 4.90 Å². The summed E-state index contributed by atoms with van der Waals surface area (Å²) in [6, 6.07) is 0. The molecule has 4 saturated carbocycles. The van der Waals surface area contributed by atoms with Gasteiger partial charge in [0.05, 0.1) is 0 Å². The second-order valence-electron chi connectivity index (χ2n) is 8.40. The van der Waals surface area contributed by atoms with Crippen molar-refractivity contribution in [3.63, 3.8) is 0 Å². The van der Waals surface area contributed by atoms with Gasteiger partial charge in [-0.25, -0.2) is 0 Å². The predicted molar refractivity (Wildman–Crippen MR) is 86.9 cm³/mol. The van der Waals surface area contributed by atoms with Crippen LogP contribution in [-0.4, -0.2) is 24.5 Å². The van der Waals surface area contributed by atoms with E-state index in [1.807, 2.05) is 0 Å². The number of rotatable bonds is 8. The minimum absolute atomic E-state index is 0.746. The van der Waals surface area contributed by atoms with Crippen molar-refractivity contribution in [3.05, 3.63) is 0 Å². The fraction of sp³-hybridized carbons (Fsp3) is 1.00. The van der Waals surface area contributed by atoms with E-state index in [9.17, 15) is 0 Å². The molecular formula is C19H35N. The van der Waals surface area contributed by atoms with Gasteiger partial charge < -0.3 is 4.90 Å². The highest BCUT2D eigenvalue weighted by Gasteiger charge is 2.51. The molecule has 116 valence electrons. The van der Waals surface area contributed by atoms with E-state index >= 15 is 0 Å². The van der Waals surface area contributed by atoms with E-state index in [0.29, 0.717) is 0 Å². The quantitative estimate of drug-likeness (QED) is 0.596. The van der Waals surface area contributed by atoms with Crippen LogP contribution in [0.1, 0.15) is 78.1 Å². The van der Waals surface area contributed by atoms with Crippen LogP contribution in [0.4, 0.5) is 0 Å². The van der Waals surface area contributed by atoms with E-state index in [1.165, 1.54) is 45.3 Å². The molecule has 0 amide bonds. The molecule has 0 unspecified atom stereocenters. The maximum Gasteiger partial charge on any atom is 0.00383 e. The molecule has 0 spiro atoms. The molecule has 0 atom stereocenters. The highest BCUT2D eigenvalue weighted by atomic mass is 15.1. The Kier molecular flexibility index (Phi) is 4.75. The lowest BCUT2D eigenvalue weighted by molar-refractivity contribution is -0.0693. The van der Waals surface area contributed by atoms with Crippen molar-refractivity contribution < 1.29 is 0 Å². The summed E-state index contributed by atoms with van der Waals surface area (Å²) in [6.07, 6.45) is 15.0. The highest BCUT2D eigenvalue weighted by Crippen LogP contribution is 2.60. The molecule has 0 heterocycles. The van der Waals surface area contributed by atoms with E-state index in [4.69, 9.17) is 0 Å². The zero-order valence-corrected chi connectivity index (χ0v) is 13.9. The third kappa shape index (κ3) is 3.24. The van der Waals surface area contributed by atoms with Crippen LogP contribution in [0.15, 0.2) is 0 Å². The summed E-state index contributed by atoms with van der Waals surface area (Å²) in [6.45, 7) is 8.83. The van der Waals surface area contributed by atoms with Crippen LogP contribution in [0, 0.1) is 23.2 Å². The fourth-order valence-corrected chi connectivity index (χ4v) is 5.99. The number of nitrogens with zero attached hydrogens (tertiary/aromatic N) is 1. The van der Waals surface area contributed by atoms with Gasteiger partial charge in [0, 0.05) is 6.54 Å². The second kappa shape index (κ2) is 6.38. The van der Waals surface area contributed by atoms with Gasteiger partial charge in [-0.1, -0.05) is 26.7 Å². The first-order valence-electron chi connectivity index (χ1n) is 9.45. The molecule has 4 aliphatic carbocycles. The SMILES string of the molecule is CCCCN(CCCC)CC12CC3CC(CC(C3)C1)C2. The third-order valence-electron chi connectivity index (χ3n) is 6.38. The van der Waals surface area contributed by atoms with Crippen molar-refractivity contribution in [2.24, 2.45) is 23.2 Å². The summed E-state index contributed by atoms with van der Waals surface area (Å²) in [5, 5.41) is 0. The normalized spacial score (nSPS) is 38.9. The summed E-state index contributed by atoms with van der Waals surface area (Å²) in [4.78, 5) is 2.85. The first-order valence-corrected chi connectivity index (χ1v) is 9.45. The Labute approximate surface area is 126 Å². The summed E-state index contributed by atoms with van der Waals surface area (Å²) >= 11 is 0. The zero-order chi connectivity index (χ0) is 14.0. The molecule has 4 rings (SSSR count). The lowest BCUT2D eigenvalue weighted by Crippen LogP contribution is -2.51. The smallest absolute Gasteiger partial charge is 0.00383 e. The van der Waals surface area contributed by atoms with Crippen LogP contribution in [0.3, 0.4) is 0 Å². The van der Waals surface area contributed by atoms with Crippen LogP contribution in [-0.2, 0) is 0 Å². The van der Waals surface area contributed by atoms with Gasteiger partial charge >= 0.3 is 0 Å². The number of hydrogen-bond donors (Lipinski definition) is 0. The Morgan fingerprint density at radius 2 is 1.25 bits per heavy atom. The average molecular weight is 277 g/mol. The van der Waals surface area contributed by atoms with Gasteiger partial charge in [0.1, 0.15) is 0 Å². The van der Waals surface area contributed by atoms with Crippen molar-refractivity contribution in [2.75, 3.05) is 19.6 Å². The molecule has 0 N–H and O–H groups in total. The maximum atomic E-state index is 2.85. The molecule has 4 fully saturated rings. The minimum Gasteiger partial charge on any atom is -0.303 e.